The predicted octanol–water partition coefficient (Wildman–Crippen LogP) is 3.67. The van der Waals surface area contributed by atoms with E-state index in [2.05, 4.69) is 19.1 Å². The maximum Gasteiger partial charge on any atom is 0.225 e. The van der Waals surface area contributed by atoms with Crippen molar-refractivity contribution in [1.82, 2.24) is 4.42 Å². The number of unbranched alkanes of at least 4 members (excludes halogenated alkanes) is 2. The molecule has 77 valence electrons. The molecule has 1 aromatic carbocycles. The quantitative estimate of drug-likeness (QED) is 0.500. The Hall–Kier alpha value is -0.530. The van der Waals surface area contributed by atoms with E-state index in [-0.39, 0.29) is 0 Å². The summed E-state index contributed by atoms with van der Waals surface area (Å²) in [5, 5.41) is 0. The highest BCUT2D eigenvalue weighted by Gasteiger charge is 2.11. The molecule has 0 aliphatic rings. The van der Waals surface area contributed by atoms with E-state index in [0.29, 0.717) is 0 Å². The Bertz CT molecular complexity index is 235. The molecule has 0 aromatic heterocycles. The fraction of sp³-hybridized carbons (Fsp3) is 0.500. The van der Waals surface area contributed by atoms with Crippen LogP contribution in [0.25, 0.3) is 0 Å². The van der Waals surface area contributed by atoms with Crippen molar-refractivity contribution in [3.8, 4) is 0 Å². The molecule has 0 aliphatic heterocycles. The molecule has 0 aliphatic carbocycles. The zero-order valence-corrected chi connectivity index (χ0v) is 9.50. The second-order valence-electron chi connectivity index (χ2n) is 3.54. The number of nitrogens with zero attached hydrogens (tertiary/aromatic N) is 1. The van der Waals surface area contributed by atoms with Crippen molar-refractivity contribution in [3.05, 3.63) is 35.9 Å². The van der Waals surface area contributed by atoms with Crippen LogP contribution in [0.15, 0.2) is 30.3 Å². The first-order valence-corrected chi connectivity index (χ1v) is 5.61. The Kier molecular flexibility index (Phi) is 5.65. The first kappa shape index (κ1) is 11.5. The highest BCUT2D eigenvalue weighted by molar-refractivity contribution is 6.15. The molecule has 2 heteroatoms. The topological polar surface area (TPSA) is 5.90 Å². The van der Waals surface area contributed by atoms with Crippen molar-refractivity contribution in [2.45, 2.75) is 32.7 Å². The van der Waals surface area contributed by atoms with Crippen LogP contribution < -0.4 is 4.42 Å². The van der Waals surface area contributed by atoms with Gasteiger partial charge >= 0.3 is 0 Å². The Morgan fingerprint density at radius 2 is 1.86 bits per heavy atom. The Morgan fingerprint density at radius 3 is 2.50 bits per heavy atom. The van der Waals surface area contributed by atoms with E-state index in [4.69, 9.17) is 11.8 Å². The molecule has 1 aromatic rings. The number of halogens is 1. The van der Waals surface area contributed by atoms with Crippen LogP contribution in [0, 0.1) is 0 Å². The van der Waals surface area contributed by atoms with Gasteiger partial charge in [0.05, 0.1) is 0 Å². The number of hydrogen-bond acceptors (Lipinski definition) is 1. The summed E-state index contributed by atoms with van der Waals surface area (Å²) in [6.45, 7) is 4.02. The van der Waals surface area contributed by atoms with Crippen molar-refractivity contribution in [2.24, 2.45) is 0 Å². The first-order valence-electron chi connectivity index (χ1n) is 5.27. The third-order valence-electron chi connectivity index (χ3n) is 2.20. The molecule has 1 nitrogen and oxygen atoms in total. The molecule has 14 heavy (non-hydrogen) atoms. The second kappa shape index (κ2) is 6.86. The van der Waals surface area contributed by atoms with Crippen molar-refractivity contribution in [1.29, 1.82) is 0 Å². The molecule has 0 saturated heterocycles. The SMILES string of the molecule is CCCCC[N+](Cl)Cc1ccccc1. The molecule has 0 amide bonds. The fourth-order valence-electron chi connectivity index (χ4n) is 1.39. The lowest BCUT2D eigenvalue weighted by molar-refractivity contribution is 0.549. The molecule has 1 rings (SSSR count). The smallest absolute Gasteiger partial charge is 0.0654 e. The average Bonchev–Trinajstić information content (AvgIpc) is 2.20. The van der Waals surface area contributed by atoms with E-state index in [1.165, 1.54) is 24.8 Å². The third kappa shape index (κ3) is 4.64. The molecule has 0 N–H and O–H groups in total. The van der Waals surface area contributed by atoms with Gasteiger partial charge in [0.1, 0.15) is 6.54 Å². The fourth-order valence-corrected chi connectivity index (χ4v) is 1.65. The van der Waals surface area contributed by atoms with Gasteiger partial charge in [-0.1, -0.05) is 48.1 Å². The average molecular weight is 212 g/mol. The van der Waals surface area contributed by atoms with Crippen LogP contribution in [0.2, 0.25) is 0 Å². The normalized spacial score (nSPS) is 10.8. The van der Waals surface area contributed by atoms with Crippen LogP contribution in [0.1, 0.15) is 31.7 Å². The lowest BCUT2D eigenvalue weighted by atomic mass is 10.2. The number of benzene rings is 1. The van der Waals surface area contributed by atoms with Gasteiger partial charge in [0, 0.05) is 12.0 Å². The van der Waals surface area contributed by atoms with Crippen molar-refractivity contribution < 1.29 is 0 Å². The van der Waals surface area contributed by atoms with Crippen molar-refractivity contribution in [3.63, 3.8) is 0 Å². The van der Waals surface area contributed by atoms with Crippen molar-refractivity contribution in [2.75, 3.05) is 6.54 Å². The van der Waals surface area contributed by atoms with Crippen LogP contribution in [0.4, 0.5) is 0 Å². The van der Waals surface area contributed by atoms with Crippen molar-refractivity contribution >= 4 is 11.8 Å². The van der Waals surface area contributed by atoms with Crippen LogP contribution >= 0.6 is 11.8 Å². The minimum Gasteiger partial charge on any atom is -0.0654 e. The van der Waals surface area contributed by atoms with Gasteiger partial charge in [-0.2, -0.15) is 0 Å². The van der Waals surface area contributed by atoms with E-state index in [0.717, 1.165) is 13.1 Å². The van der Waals surface area contributed by atoms with Crippen LogP contribution in [-0.2, 0) is 6.54 Å². The molecule has 0 heterocycles. The maximum atomic E-state index is 6.08. The van der Waals surface area contributed by atoms with Gasteiger partial charge in [-0.25, -0.2) is 0 Å². The molecule has 0 atom stereocenters. The van der Waals surface area contributed by atoms with E-state index in [1.807, 2.05) is 22.6 Å². The highest BCUT2D eigenvalue weighted by atomic mass is 35.5. The molecule has 0 spiro atoms. The van der Waals surface area contributed by atoms with E-state index < -0.39 is 0 Å². The van der Waals surface area contributed by atoms with Gasteiger partial charge in [0.2, 0.25) is 11.8 Å². The van der Waals surface area contributed by atoms with E-state index >= 15 is 0 Å². The third-order valence-corrected chi connectivity index (χ3v) is 2.49. The maximum absolute atomic E-state index is 6.08. The Labute approximate surface area is 91.8 Å². The van der Waals surface area contributed by atoms with Crippen LogP contribution in [-0.4, -0.2) is 6.54 Å². The summed E-state index contributed by atoms with van der Waals surface area (Å²) in [7, 11) is 0. The van der Waals surface area contributed by atoms with Gasteiger partial charge in [-0.15, -0.1) is 0 Å². The summed E-state index contributed by atoms with van der Waals surface area (Å²) in [6.07, 6.45) is 3.70. The van der Waals surface area contributed by atoms with E-state index in [1.54, 1.807) is 0 Å². The Balaban J connectivity index is 2.23. The predicted molar refractivity (Wildman–Crippen MR) is 62.5 cm³/mol. The van der Waals surface area contributed by atoms with Gasteiger partial charge in [-0.05, 0) is 6.42 Å². The molecule has 0 fully saturated rings. The molecule has 0 saturated carbocycles. The van der Waals surface area contributed by atoms with Gasteiger partial charge in [-0.3, -0.25) is 0 Å². The van der Waals surface area contributed by atoms with Gasteiger partial charge < -0.3 is 0 Å². The lowest BCUT2D eigenvalue weighted by Gasteiger charge is -2.02. The molecular formula is C12H18ClN+. The standard InChI is InChI=1S/C12H18ClN/c1-2-3-7-10-14(13)11-12-8-5-4-6-9-12/h4-6,8-9H,2-3,7,10-11H2,1H3/q+1. The minimum absolute atomic E-state index is 0.839. The summed E-state index contributed by atoms with van der Waals surface area (Å²) in [6, 6.07) is 10.3. The number of rotatable bonds is 6. The summed E-state index contributed by atoms with van der Waals surface area (Å²) < 4.78 is 1.87. The molecule has 1 radical (unpaired) electrons. The van der Waals surface area contributed by atoms with Gasteiger partial charge in [0.15, 0.2) is 6.54 Å². The lowest BCUT2D eigenvalue weighted by Crippen LogP contribution is -2.19. The monoisotopic (exact) mass is 211 g/mol. The summed E-state index contributed by atoms with van der Waals surface area (Å²) in [5.41, 5.74) is 1.28. The highest BCUT2D eigenvalue weighted by Crippen LogP contribution is 2.05. The number of hydrogen-bond donors (Lipinski definition) is 0. The Morgan fingerprint density at radius 1 is 1.14 bits per heavy atom. The molecule has 0 bridgehead atoms. The second-order valence-corrected chi connectivity index (χ2v) is 4.02. The van der Waals surface area contributed by atoms with Gasteiger partial charge in [0.25, 0.3) is 0 Å². The van der Waals surface area contributed by atoms with Crippen LogP contribution in [0.5, 0.6) is 0 Å². The minimum atomic E-state index is 0.839. The zero-order valence-electron chi connectivity index (χ0n) is 8.75. The molecule has 0 unspecified atom stereocenters. The zero-order chi connectivity index (χ0) is 10.2. The first-order chi connectivity index (χ1) is 6.83. The largest absolute Gasteiger partial charge is 0.225 e. The molecular weight excluding hydrogens is 194 g/mol. The summed E-state index contributed by atoms with van der Waals surface area (Å²) >= 11 is 6.08. The summed E-state index contributed by atoms with van der Waals surface area (Å²) in [5.74, 6) is 0. The van der Waals surface area contributed by atoms with E-state index in [9.17, 15) is 0 Å². The summed E-state index contributed by atoms with van der Waals surface area (Å²) in [4.78, 5) is 0. The van der Waals surface area contributed by atoms with Crippen LogP contribution in [0.3, 0.4) is 0 Å².